The van der Waals surface area contributed by atoms with Crippen molar-refractivity contribution in [2.45, 2.75) is 20.8 Å². The highest BCUT2D eigenvalue weighted by Crippen LogP contribution is 2.23. The maximum absolute atomic E-state index is 12.5. The second-order valence-electron chi connectivity index (χ2n) is 6.37. The summed E-state index contributed by atoms with van der Waals surface area (Å²) < 4.78 is 5.37. The zero-order valence-electron chi connectivity index (χ0n) is 14.6. The molecule has 3 rings (SSSR count). The zero-order valence-corrected chi connectivity index (χ0v) is 14.6. The molecular weight excluding hydrogens is 300 g/mol. The minimum Gasteiger partial charge on any atom is -0.378 e. The molecule has 1 amide bonds. The summed E-state index contributed by atoms with van der Waals surface area (Å²) in [5.41, 5.74) is 6.10. The Morgan fingerprint density at radius 1 is 1.00 bits per heavy atom. The van der Waals surface area contributed by atoms with Gasteiger partial charge in [0.1, 0.15) is 0 Å². The van der Waals surface area contributed by atoms with Crippen LogP contribution in [0, 0.1) is 20.8 Å². The van der Waals surface area contributed by atoms with Gasteiger partial charge in [-0.1, -0.05) is 17.7 Å². The van der Waals surface area contributed by atoms with E-state index in [9.17, 15) is 4.79 Å². The molecule has 1 saturated heterocycles. The molecular formula is C20H24N2O2. The Morgan fingerprint density at radius 3 is 2.17 bits per heavy atom. The van der Waals surface area contributed by atoms with Crippen molar-refractivity contribution in [3.8, 4) is 0 Å². The molecule has 1 fully saturated rings. The number of rotatable bonds is 3. The average Bonchev–Trinajstić information content (AvgIpc) is 2.59. The molecule has 126 valence electrons. The van der Waals surface area contributed by atoms with Crippen molar-refractivity contribution in [1.82, 2.24) is 0 Å². The highest BCUT2D eigenvalue weighted by molar-refractivity contribution is 6.05. The summed E-state index contributed by atoms with van der Waals surface area (Å²) in [7, 11) is 0. The van der Waals surface area contributed by atoms with E-state index in [0.717, 1.165) is 48.8 Å². The van der Waals surface area contributed by atoms with E-state index in [1.807, 2.05) is 38.1 Å². The Balaban J connectivity index is 1.73. The lowest BCUT2D eigenvalue weighted by Gasteiger charge is -2.28. The van der Waals surface area contributed by atoms with Gasteiger partial charge in [-0.2, -0.15) is 0 Å². The molecule has 2 aromatic carbocycles. The molecule has 1 N–H and O–H groups in total. The molecule has 2 aromatic rings. The van der Waals surface area contributed by atoms with E-state index in [0.29, 0.717) is 5.56 Å². The largest absolute Gasteiger partial charge is 0.378 e. The fourth-order valence-electron chi connectivity index (χ4n) is 3.21. The topological polar surface area (TPSA) is 41.6 Å². The first-order chi connectivity index (χ1) is 11.5. The zero-order chi connectivity index (χ0) is 17.1. The van der Waals surface area contributed by atoms with Crippen molar-refractivity contribution in [2.75, 3.05) is 36.5 Å². The third kappa shape index (κ3) is 3.60. The Kier molecular flexibility index (Phi) is 4.86. The van der Waals surface area contributed by atoms with Crippen molar-refractivity contribution >= 4 is 17.3 Å². The Labute approximate surface area is 143 Å². The normalized spacial score (nSPS) is 14.5. The number of ether oxygens (including phenoxy) is 1. The third-order valence-corrected chi connectivity index (χ3v) is 4.42. The number of hydrogen-bond donors (Lipinski definition) is 1. The van der Waals surface area contributed by atoms with Gasteiger partial charge in [-0.25, -0.2) is 0 Å². The molecule has 0 bridgehead atoms. The molecule has 0 atom stereocenters. The summed E-state index contributed by atoms with van der Waals surface area (Å²) in [6.07, 6.45) is 0. The summed E-state index contributed by atoms with van der Waals surface area (Å²) in [4.78, 5) is 14.8. The molecule has 0 spiro atoms. The van der Waals surface area contributed by atoms with Gasteiger partial charge in [-0.15, -0.1) is 0 Å². The molecule has 4 nitrogen and oxygen atoms in total. The fourth-order valence-corrected chi connectivity index (χ4v) is 3.21. The number of benzene rings is 2. The van der Waals surface area contributed by atoms with E-state index in [2.05, 4.69) is 29.3 Å². The number of nitrogens with zero attached hydrogens (tertiary/aromatic N) is 1. The Morgan fingerprint density at radius 2 is 1.58 bits per heavy atom. The summed E-state index contributed by atoms with van der Waals surface area (Å²) in [6, 6.07) is 12.0. The van der Waals surface area contributed by atoms with Crippen LogP contribution in [-0.4, -0.2) is 32.2 Å². The number of carbonyl (C=O) groups is 1. The number of nitrogens with one attached hydrogen (secondary N) is 1. The highest BCUT2D eigenvalue weighted by atomic mass is 16.5. The molecule has 1 heterocycles. The third-order valence-electron chi connectivity index (χ3n) is 4.42. The van der Waals surface area contributed by atoms with Crippen LogP contribution in [0.25, 0.3) is 0 Å². The number of amides is 1. The van der Waals surface area contributed by atoms with Gasteiger partial charge in [0.15, 0.2) is 0 Å². The number of carbonyl (C=O) groups excluding carboxylic acids is 1. The van der Waals surface area contributed by atoms with Gasteiger partial charge in [0, 0.05) is 30.0 Å². The number of hydrogen-bond acceptors (Lipinski definition) is 3. The minimum absolute atomic E-state index is 0.0708. The molecule has 0 radical (unpaired) electrons. The number of aryl methyl sites for hydroxylation is 3. The first kappa shape index (κ1) is 16.5. The second kappa shape index (κ2) is 7.05. The van der Waals surface area contributed by atoms with E-state index in [4.69, 9.17) is 4.74 Å². The average molecular weight is 324 g/mol. The van der Waals surface area contributed by atoms with E-state index in [-0.39, 0.29) is 5.91 Å². The quantitative estimate of drug-likeness (QED) is 0.936. The lowest BCUT2D eigenvalue weighted by atomic mass is 10.0. The van der Waals surface area contributed by atoms with Gasteiger partial charge in [-0.05, 0) is 56.2 Å². The van der Waals surface area contributed by atoms with Gasteiger partial charge < -0.3 is 15.0 Å². The first-order valence-electron chi connectivity index (χ1n) is 8.36. The molecule has 1 aliphatic rings. The van der Waals surface area contributed by atoms with Crippen molar-refractivity contribution < 1.29 is 9.53 Å². The number of anilines is 2. The molecule has 1 aliphatic heterocycles. The van der Waals surface area contributed by atoms with Crippen LogP contribution in [0.1, 0.15) is 27.0 Å². The molecule has 4 heteroatoms. The SMILES string of the molecule is Cc1cc(C)c(NC(=O)c2ccc(N3CCOCC3)cc2)c(C)c1. The first-order valence-corrected chi connectivity index (χ1v) is 8.36. The predicted molar refractivity (Wildman–Crippen MR) is 98.1 cm³/mol. The summed E-state index contributed by atoms with van der Waals surface area (Å²) >= 11 is 0. The monoisotopic (exact) mass is 324 g/mol. The lowest BCUT2D eigenvalue weighted by Crippen LogP contribution is -2.36. The van der Waals surface area contributed by atoms with Gasteiger partial charge in [0.25, 0.3) is 5.91 Å². The lowest BCUT2D eigenvalue weighted by molar-refractivity contribution is 0.102. The molecule has 0 aromatic heterocycles. The van der Waals surface area contributed by atoms with E-state index >= 15 is 0 Å². The highest BCUT2D eigenvalue weighted by Gasteiger charge is 2.13. The van der Waals surface area contributed by atoms with Crippen LogP contribution in [0.15, 0.2) is 36.4 Å². The van der Waals surface area contributed by atoms with Crippen molar-refractivity contribution in [3.63, 3.8) is 0 Å². The van der Waals surface area contributed by atoms with Crippen LogP contribution in [-0.2, 0) is 4.74 Å². The van der Waals surface area contributed by atoms with Crippen LogP contribution < -0.4 is 10.2 Å². The molecule has 0 aliphatic carbocycles. The van der Waals surface area contributed by atoms with E-state index in [1.165, 1.54) is 5.56 Å². The van der Waals surface area contributed by atoms with E-state index in [1.54, 1.807) is 0 Å². The van der Waals surface area contributed by atoms with Crippen LogP contribution >= 0.6 is 0 Å². The minimum atomic E-state index is -0.0708. The number of morpholine rings is 1. The van der Waals surface area contributed by atoms with Gasteiger partial charge in [-0.3, -0.25) is 4.79 Å². The van der Waals surface area contributed by atoms with Gasteiger partial charge >= 0.3 is 0 Å². The predicted octanol–water partition coefficient (Wildman–Crippen LogP) is 3.70. The molecule has 0 saturated carbocycles. The van der Waals surface area contributed by atoms with E-state index < -0.39 is 0 Å². The second-order valence-corrected chi connectivity index (χ2v) is 6.37. The van der Waals surface area contributed by atoms with Crippen LogP contribution in [0.4, 0.5) is 11.4 Å². The van der Waals surface area contributed by atoms with Crippen LogP contribution in [0.3, 0.4) is 0 Å². The van der Waals surface area contributed by atoms with Crippen molar-refractivity contribution in [3.05, 3.63) is 58.7 Å². The maximum Gasteiger partial charge on any atom is 0.255 e. The van der Waals surface area contributed by atoms with Crippen LogP contribution in [0.5, 0.6) is 0 Å². The van der Waals surface area contributed by atoms with Gasteiger partial charge in [0.2, 0.25) is 0 Å². The maximum atomic E-state index is 12.5. The Hall–Kier alpha value is -2.33. The summed E-state index contributed by atoms with van der Waals surface area (Å²) in [5.74, 6) is -0.0708. The van der Waals surface area contributed by atoms with Crippen molar-refractivity contribution in [2.24, 2.45) is 0 Å². The smallest absolute Gasteiger partial charge is 0.255 e. The van der Waals surface area contributed by atoms with Gasteiger partial charge in [0.05, 0.1) is 13.2 Å². The van der Waals surface area contributed by atoms with Crippen molar-refractivity contribution in [1.29, 1.82) is 0 Å². The standard InChI is InChI=1S/C20H24N2O2/c1-14-12-15(2)19(16(3)13-14)21-20(23)17-4-6-18(7-5-17)22-8-10-24-11-9-22/h4-7,12-13H,8-11H2,1-3H3,(H,21,23). The summed E-state index contributed by atoms with van der Waals surface area (Å²) in [5, 5.41) is 3.05. The Bertz CT molecular complexity index is 709. The summed E-state index contributed by atoms with van der Waals surface area (Å²) in [6.45, 7) is 9.42. The fraction of sp³-hybridized carbons (Fsp3) is 0.350. The molecule has 0 unspecified atom stereocenters. The van der Waals surface area contributed by atoms with Crippen LogP contribution in [0.2, 0.25) is 0 Å². The molecule has 24 heavy (non-hydrogen) atoms.